The van der Waals surface area contributed by atoms with E-state index in [9.17, 15) is 13.0 Å². The first kappa shape index (κ1) is 14.1. The summed E-state index contributed by atoms with van der Waals surface area (Å²) in [7, 11) is -3.60. The van der Waals surface area contributed by atoms with Crippen LogP contribution in [-0.4, -0.2) is 43.6 Å². The topological polar surface area (TPSA) is 81.5 Å². The van der Waals surface area contributed by atoms with Crippen LogP contribution in [0.3, 0.4) is 0 Å². The predicted octanol–water partition coefficient (Wildman–Crippen LogP) is 0.181. The van der Waals surface area contributed by atoms with E-state index in [0.717, 1.165) is 20.2 Å². The van der Waals surface area contributed by atoms with Crippen LogP contribution in [0.15, 0.2) is 12.2 Å². The number of hydrogen-bond acceptors (Lipinski definition) is 5. The number of nitrogens with zero attached hydrogens (tertiary/aromatic N) is 1. The minimum atomic E-state index is -4.41. The van der Waals surface area contributed by atoms with Crippen molar-refractivity contribution in [2.24, 2.45) is 0 Å². The number of hydrogen-bond donors (Lipinski definition) is 1. The van der Waals surface area contributed by atoms with E-state index < -0.39 is 10.4 Å². The van der Waals surface area contributed by atoms with Crippen LogP contribution < -0.4 is 5.43 Å². The number of hydrazone groups is 1. The average molecular weight is 262 g/mol. The lowest BCUT2D eigenvalue weighted by Gasteiger charge is -2.06. The van der Waals surface area contributed by atoms with E-state index in [0.29, 0.717) is 0 Å². The van der Waals surface area contributed by atoms with Crippen molar-refractivity contribution in [2.45, 2.75) is 25.7 Å². The molecular formula is C10H18N2O4S. The molecule has 0 saturated heterocycles. The summed E-state index contributed by atoms with van der Waals surface area (Å²) in [6.07, 6.45) is 9.64. The van der Waals surface area contributed by atoms with Gasteiger partial charge in [0.15, 0.2) is 6.54 Å². The summed E-state index contributed by atoms with van der Waals surface area (Å²) in [5.41, 5.74) is 4.91. The maximum atomic E-state index is 9.22. The van der Waals surface area contributed by atoms with Crippen molar-refractivity contribution in [1.82, 2.24) is 5.43 Å². The van der Waals surface area contributed by atoms with Gasteiger partial charge in [-0.15, -0.1) is 4.68 Å². The molecule has 0 fully saturated rings. The van der Waals surface area contributed by atoms with Crippen LogP contribution in [0.1, 0.15) is 25.7 Å². The summed E-state index contributed by atoms with van der Waals surface area (Å²) in [6.45, 7) is 2.31. The van der Waals surface area contributed by atoms with Gasteiger partial charge in [0.05, 0.1) is 13.7 Å². The summed E-state index contributed by atoms with van der Waals surface area (Å²) in [5.74, 6) is 0. The molecule has 6 nitrogen and oxygen atoms in total. The minimum absolute atomic E-state index is 0.808. The Labute approximate surface area is 102 Å². The highest BCUT2D eigenvalue weighted by Crippen LogP contribution is 2.06. The van der Waals surface area contributed by atoms with Crippen LogP contribution in [0.4, 0.5) is 0 Å². The Balaban J connectivity index is 0.000000209. The van der Waals surface area contributed by atoms with Crippen LogP contribution >= 0.6 is 0 Å². The van der Waals surface area contributed by atoms with E-state index in [-0.39, 0.29) is 0 Å². The smallest absolute Gasteiger partial charge is 0.217 e. The summed E-state index contributed by atoms with van der Waals surface area (Å²) >= 11 is 0. The highest BCUT2D eigenvalue weighted by atomic mass is 32.3. The summed E-state index contributed by atoms with van der Waals surface area (Å²) in [5, 5.41) is 0. The van der Waals surface area contributed by atoms with Gasteiger partial charge < -0.3 is 4.55 Å². The number of hydrazine groups is 1. The lowest BCUT2D eigenvalue weighted by Crippen LogP contribution is -2.34. The number of allylic oxidation sites excluding steroid dienone is 1. The molecule has 1 N–H and O–H groups in total. The SMILES string of the molecule is C1=CC2=[N+](CC1)NCCCC2.COS(=O)(=O)[O-]. The van der Waals surface area contributed by atoms with Gasteiger partial charge in [0.2, 0.25) is 16.1 Å². The van der Waals surface area contributed by atoms with Gasteiger partial charge in [-0.2, -0.15) is 5.43 Å². The van der Waals surface area contributed by atoms with Gasteiger partial charge in [-0.1, -0.05) is 6.08 Å². The molecule has 0 saturated carbocycles. The van der Waals surface area contributed by atoms with Gasteiger partial charge in [0.1, 0.15) is 0 Å². The van der Waals surface area contributed by atoms with Crippen molar-refractivity contribution in [3.63, 3.8) is 0 Å². The third kappa shape index (κ3) is 5.81. The molecule has 0 amide bonds. The Morgan fingerprint density at radius 3 is 2.82 bits per heavy atom. The molecular weight excluding hydrogens is 244 g/mol. The molecule has 2 heterocycles. The van der Waals surface area contributed by atoms with Gasteiger partial charge in [0.25, 0.3) is 0 Å². The standard InChI is InChI=1S/C9H15N2.CH4O4S/c1-3-7-10-11-8-4-2-6-9(11)5-1;1-5-6(2,3)4/h2,6,10H,1,3-5,7-8H2;1H3,(H,2,3,4)/q+1;/p-1. The zero-order chi connectivity index (χ0) is 12.7. The largest absolute Gasteiger partial charge is 0.726 e. The van der Waals surface area contributed by atoms with Crippen molar-refractivity contribution in [2.75, 3.05) is 20.2 Å². The van der Waals surface area contributed by atoms with E-state index in [1.165, 1.54) is 31.4 Å². The second-order valence-electron chi connectivity index (χ2n) is 3.77. The number of nitrogens with one attached hydrogen (secondary N) is 1. The first-order valence-corrected chi connectivity index (χ1v) is 6.91. The third-order valence-corrected chi connectivity index (χ3v) is 2.95. The highest BCUT2D eigenvalue weighted by molar-refractivity contribution is 7.80. The third-order valence-electron chi connectivity index (χ3n) is 2.54. The van der Waals surface area contributed by atoms with Crippen LogP contribution in [0.2, 0.25) is 0 Å². The zero-order valence-electron chi connectivity index (χ0n) is 9.89. The van der Waals surface area contributed by atoms with E-state index in [1.807, 2.05) is 0 Å². The summed E-state index contributed by atoms with van der Waals surface area (Å²) < 4.78 is 33.3. The first-order valence-electron chi connectivity index (χ1n) is 5.58. The molecule has 7 heteroatoms. The molecule has 98 valence electrons. The fourth-order valence-electron chi connectivity index (χ4n) is 1.70. The van der Waals surface area contributed by atoms with Crippen LogP contribution in [0, 0.1) is 0 Å². The van der Waals surface area contributed by atoms with Crippen LogP contribution in [0.25, 0.3) is 0 Å². The molecule has 0 aromatic carbocycles. The monoisotopic (exact) mass is 262 g/mol. The van der Waals surface area contributed by atoms with Crippen molar-refractivity contribution >= 4 is 16.1 Å². The molecule has 0 radical (unpaired) electrons. The van der Waals surface area contributed by atoms with Gasteiger partial charge >= 0.3 is 0 Å². The Hall–Kier alpha value is -0.920. The van der Waals surface area contributed by atoms with Gasteiger partial charge in [0, 0.05) is 18.9 Å². The minimum Gasteiger partial charge on any atom is -0.726 e. The van der Waals surface area contributed by atoms with E-state index >= 15 is 0 Å². The van der Waals surface area contributed by atoms with Crippen molar-refractivity contribution in [1.29, 1.82) is 0 Å². The lowest BCUT2D eigenvalue weighted by molar-refractivity contribution is -0.587. The van der Waals surface area contributed by atoms with Crippen LogP contribution in [-0.2, 0) is 14.6 Å². The maximum Gasteiger partial charge on any atom is 0.217 e. The molecule has 0 aromatic heterocycles. The Morgan fingerprint density at radius 1 is 1.47 bits per heavy atom. The first-order chi connectivity index (χ1) is 8.03. The maximum absolute atomic E-state index is 9.22. The van der Waals surface area contributed by atoms with Crippen LogP contribution in [0.5, 0.6) is 0 Å². The molecule has 2 aliphatic rings. The Morgan fingerprint density at radius 2 is 2.18 bits per heavy atom. The lowest BCUT2D eigenvalue weighted by atomic mass is 10.1. The molecule has 2 aliphatic heterocycles. The molecule has 2 rings (SSSR count). The second kappa shape index (κ2) is 6.73. The summed E-state index contributed by atoms with van der Waals surface area (Å²) in [4.78, 5) is 0. The van der Waals surface area contributed by atoms with E-state index in [2.05, 4.69) is 26.4 Å². The average Bonchev–Trinajstić information content (AvgIpc) is 2.54. The zero-order valence-corrected chi connectivity index (χ0v) is 10.7. The van der Waals surface area contributed by atoms with Crippen molar-refractivity contribution < 1.29 is 21.8 Å². The van der Waals surface area contributed by atoms with Gasteiger partial charge in [-0.25, -0.2) is 8.42 Å². The Kier molecular flexibility index (Phi) is 5.60. The molecule has 17 heavy (non-hydrogen) atoms. The summed E-state index contributed by atoms with van der Waals surface area (Å²) in [6, 6.07) is 0. The quantitative estimate of drug-likeness (QED) is 0.414. The second-order valence-corrected chi connectivity index (χ2v) is 4.92. The van der Waals surface area contributed by atoms with Gasteiger partial charge in [-0.3, -0.25) is 4.18 Å². The highest BCUT2D eigenvalue weighted by Gasteiger charge is 2.17. The molecule has 0 aromatic rings. The van der Waals surface area contributed by atoms with Gasteiger partial charge in [-0.05, 0) is 12.8 Å². The van der Waals surface area contributed by atoms with E-state index in [4.69, 9.17) is 0 Å². The Bertz CT molecular complexity index is 401. The van der Waals surface area contributed by atoms with Crippen molar-refractivity contribution in [3.8, 4) is 0 Å². The molecule has 0 atom stereocenters. The normalized spacial score (nSPS) is 19.6. The number of rotatable bonds is 1. The fourth-order valence-corrected chi connectivity index (χ4v) is 1.70. The van der Waals surface area contributed by atoms with E-state index in [1.54, 1.807) is 0 Å². The molecule has 0 spiro atoms. The van der Waals surface area contributed by atoms with Crippen molar-refractivity contribution in [3.05, 3.63) is 12.2 Å². The molecule has 0 aliphatic carbocycles. The molecule has 0 unspecified atom stereocenters. The predicted molar refractivity (Wildman–Crippen MR) is 62.5 cm³/mol. The fraction of sp³-hybridized carbons (Fsp3) is 0.700. The molecule has 0 bridgehead atoms.